The molecule has 0 bridgehead atoms. The van der Waals surface area contributed by atoms with Crippen LogP contribution in [-0.4, -0.2) is 28.2 Å². The summed E-state index contributed by atoms with van der Waals surface area (Å²) in [5.41, 5.74) is 1.64. The third kappa shape index (κ3) is 3.71. The van der Waals surface area contributed by atoms with Crippen LogP contribution < -0.4 is 5.32 Å². The Balaban J connectivity index is 2.03. The van der Waals surface area contributed by atoms with Crippen LogP contribution in [-0.2, 0) is 13.5 Å². The van der Waals surface area contributed by atoms with Crippen molar-refractivity contribution in [2.24, 2.45) is 7.05 Å². The molecule has 2 rings (SSSR count). The first kappa shape index (κ1) is 14.8. The van der Waals surface area contributed by atoms with Gasteiger partial charge in [0.1, 0.15) is 5.69 Å². The van der Waals surface area contributed by atoms with Crippen molar-refractivity contribution in [3.05, 3.63) is 58.3 Å². The van der Waals surface area contributed by atoms with E-state index in [0.29, 0.717) is 12.1 Å². The molecule has 0 unspecified atom stereocenters. The number of halogens is 1. The van der Waals surface area contributed by atoms with Crippen molar-refractivity contribution < 1.29 is 9.90 Å². The van der Waals surface area contributed by atoms with Crippen LogP contribution in [0, 0.1) is 0 Å². The fourth-order valence-electron chi connectivity index (χ4n) is 2.07. The highest BCUT2D eigenvalue weighted by molar-refractivity contribution is 9.10. The lowest BCUT2D eigenvalue weighted by molar-refractivity contribution is 0.0908. The summed E-state index contributed by atoms with van der Waals surface area (Å²) in [6.07, 6.45) is 2.43. The summed E-state index contributed by atoms with van der Waals surface area (Å²) in [5.74, 6) is -0.187. The number of hydrogen-bond acceptors (Lipinski definition) is 2. The van der Waals surface area contributed by atoms with Crippen LogP contribution in [0.2, 0.25) is 0 Å². The number of rotatable bonds is 5. The van der Waals surface area contributed by atoms with Gasteiger partial charge in [-0.3, -0.25) is 4.79 Å². The highest BCUT2D eigenvalue weighted by Gasteiger charge is 2.16. The Kier molecular flexibility index (Phi) is 4.98. The smallest absolute Gasteiger partial charge is 0.268 e. The van der Waals surface area contributed by atoms with Crippen LogP contribution in [0.25, 0.3) is 0 Å². The number of carbonyl (C=O) groups excluding carboxylic acids is 1. The Morgan fingerprint density at radius 3 is 2.65 bits per heavy atom. The third-order valence-electron chi connectivity index (χ3n) is 3.08. The SMILES string of the molecule is Cn1cc(Br)cc1C(=O)N[C@@H](CO)Cc1ccccc1. The molecule has 20 heavy (non-hydrogen) atoms. The molecule has 1 aromatic carbocycles. The Bertz CT molecular complexity index is 581. The van der Waals surface area contributed by atoms with Gasteiger partial charge in [-0.15, -0.1) is 0 Å². The number of amides is 1. The normalized spacial score (nSPS) is 12.2. The van der Waals surface area contributed by atoms with E-state index in [-0.39, 0.29) is 18.6 Å². The van der Waals surface area contributed by atoms with Crippen molar-refractivity contribution in [2.75, 3.05) is 6.61 Å². The summed E-state index contributed by atoms with van der Waals surface area (Å²) in [6, 6.07) is 11.3. The van der Waals surface area contributed by atoms with Crippen molar-refractivity contribution in [1.29, 1.82) is 0 Å². The predicted octanol–water partition coefficient (Wildman–Crippen LogP) is 2.12. The summed E-state index contributed by atoms with van der Waals surface area (Å²) >= 11 is 3.34. The molecule has 0 radical (unpaired) electrons. The molecule has 0 saturated heterocycles. The van der Waals surface area contributed by atoms with E-state index >= 15 is 0 Å². The maximum Gasteiger partial charge on any atom is 0.268 e. The monoisotopic (exact) mass is 336 g/mol. The third-order valence-corrected chi connectivity index (χ3v) is 3.52. The van der Waals surface area contributed by atoms with E-state index in [9.17, 15) is 9.90 Å². The number of aryl methyl sites for hydroxylation is 1. The predicted molar refractivity (Wildman–Crippen MR) is 81.6 cm³/mol. The van der Waals surface area contributed by atoms with Gasteiger partial charge >= 0.3 is 0 Å². The van der Waals surface area contributed by atoms with Crippen LogP contribution in [0.4, 0.5) is 0 Å². The van der Waals surface area contributed by atoms with Crippen LogP contribution in [0.3, 0.4) is 0 Å². The zero-order chi connectivity index (χ0) is 14.5. The first-order chi connectivity index (χ1) is 9.60. The second-order valence-electron chi connectivity index (χ2n) is 4.70. The molecule has 0 spiro atoms. The highest BCUT2D eigenvalue weighted by atomic mass is 79.9. The standard InChI is InChI=1S/C15H17BrN2O2/c1-18-9-12(16)8-14(18)15(20)17-13(10-19)7-11-5-3-2-4-6-11/h2-6,8-9,13,19H,7,10H2,1H3,(H,17,20)/t13-/m1/s1. The van der Waals surface area contributed by atoms with E-state index in [1.54, 1.807) is 10.6 Å². The average molecular weight is 337 g/mol. The van der Waals surface area contributed by atoms with Gasteiger partial charge in [0.05, 0.1) is 12.6 Å². The van der Waals surface area contributed by atoms with E-state index in [0.717, 1.165) is 10.0 Å². The van der Waals surface area contributed by atoms with Gasteiger partial charge in [-0.05, 0) is 34.0 Å². The molecule has 1 amide bonds. The second kappa shape index (κ2) is 6.72. The minimum Gasteiger partial charge on any atom is -0.394 e. The minimum absolute atomic E-state index is 0.0910. The molecule has 1 heterocycles. The van der Waals surface area contributed by atoms with Gasteiger partial charge in [-0.25, -0.2) is 0 Å². The minimum atomic E-state index is -0.293. The van der Waals surface area contributed by atoms with Crippen molar-refractivity contribution in [3.8, 4) is 0 Å². The molecule has 0 fully saturated rings. The topological polar surface area (TPSA) is 54.3 Å². The molecular weight excluding hydrogens is 320 g/mol. The summed E-state index contributed by atoms with van der Waals surface area (Å²) in [7, 11) is 1.81. The summed E-state index contributed by atoms with van der Waals surface area (Å²) in [4.78, 5) is 12.2. The van der Waals surface area contributed by atoms with Crippen LogP contribution in [0.15, 0.2) is 47.1 Å². The number of hydrogen-bond donors (Lipinski definition) is 2. The fraction of sp³-hybridized carbons (Fsp3) is 0.267. The van der Waals surface area contributed by atoms with E-state index in [1.807, 2.05) is 43.6 Å². The Labute approximate surface area is 126 Å². The zero-order valence-corrected chi connectivity index (χ0v) is 12.8. The molecule has 1 aromatic heterocycles. The first-order valence-corrected chi connectivity index (χ1v) is 7.17. The zero-order valence-electron chi connectivity index (χ0n) is 11.2. The number of carbonyl (C=O) groups is 1. The molecule has 0 saturated carbocycles. The molecule has 0 aliphatic heterocycles. The van der Waals surface area contributed by atoms with Crippen molar-refractivity contribution in [2.45, 2.75) is 12.5 Å². The average Bonchev–Trinajstić information content (AvgIpc) is 2.78. The molecular formula is C15H17BrN2O2. The summed E-state index contributed by atoms with van der Waals surface area (Å²) in [6.45, 7) is -0.0910. The number of nitrogens with one attached hydrogen (secondary N) is 1. The lowest BCUT2D eigenvalue weighted by atomic mass is 10.1. The number of benzene rings is 1. The van der Waals surface area contributed by atoms with Crippen LogP contribution in [0.5, 0.6) is 0 Å². The van der Waals surface area contributed by atoms with Crippen molar-refractivity contribution in [1.82, 2.24) is 9.88 Å². The lowest BCUT2D eigenvalue weighted by Crippen LogP contribution is -2.39. The number of nitrogens with zero attached hydrogens (tertiary/aromatic N) is 1. The van der Waals surface area contributed by atoms with E-state index in [1.165, 1.54) is 0 Å². The Morgan fingerprint density at radius 2 is 2.10 bits per heavy atom. The van der Waals surface area contributed by atoms with Crippen molar-refractivity contribution >= 4 is 21.8 Å². The molecule has 2 N–H and O–H groups in total. The largest absolute Gasteiger partial charge is 0.394 e. The van der Waals surface area contributed by atoms with Crippen LogP contribution in [0.1, 0.15) is 16.1 Å². The quantitative estimate of drug-likeness (QED) is 0.878. The van der Waals surface area contributed by atoms with Crippen LogP contribution >= 0.6 is 15.9 Å². The van der Waals surface area contributed by atoms with E-state index < -0.39 is 0 Å². The molecule has 0 aliphatic rings. The molecule has 106 valence electrons. The fourth-order valence-corrected chi connectivity index (χ4v) is 2.59. The van der Waals surface area contributed by atoms with Gasteiger partial charge in [0.2, 0.25) is 0 Å². The molecule has 0 aliphatic carbocycles. The van der Waals surface area contributed by atoms with Gasteiger partial charge in [-0.2, -0.15) is 0 Å². The maximum absolute atomic E-state index is 12.2. The second-order valence-corrected chi connectivity index (χ2v) is 5.61. The summed E-state index contributed by atoms with van der Waals surface area (Å²) < 4.78 is 2.60. The molecule has 5 heteroatoms. The Hall–Kier alpha value is -1.59. The van der Waals surface area contributed by atoms with Crippen molar-refractivity contribution in [3.63, 3.8) is 0 Å². The number of aromatic nitrogens is 1. The maximum atomic E-state index is 12.2. The number of aliphatic hydroxyl groups excluding tert-OH is 1. The van der Waals surface area contributed by atoms with E-state index in [4.69, 9.17) is 0 Å². The molecule has 1 atom stereocenters. The first-order valence-electron chi connectivity index (χ1n) is 6.37. The number of aliphatic hydroxyl groups is 1. The highest BCUT2D eigenvalue weighted by Crippen LogP contribution is 2.14. The molecule has 2 aromatic rings. The van der Waals surface area contributed by atoms with Gasteiger partial charge in [0.25, 0.3) is 5.91 Å². The Morgan fingerprint density at radius 1 is 1.40 bits per heavy atom. The van der Waals surface area contributed by atoms with Gasteiger partial charge in [0.15, 0.2) is 0 Å². The summed E-state index contributed by atoms with van der Waals surface area (Å²) in [5, 5.41) is 12.3. The molecule has 4 nitrogen and oxygen atoms in total. The lowest BCUT2D eigenvalue weighted by Gasteiger charge is -2.16. The van der Waals surface area contributed by atoms with Gasteiger partial charge in [0, 0.05) is 17.7 Å². The van der Waals surface area contributed by atoms with Gasteiger partial charge in [-0.1, -0.05) is 30.3 Å². The van der Waals surface area contributed by atoms with Gasteiger partial charge < -0.3 is 15.0 Å². The van der Waals surface area contributed by atoms with E-state index in [2.05, 4.69) is 21.2 Å².